The lowest BCUT2D eigenvalue weighted by molar-refractivity contribution is 0.660. The highest BCUT2D eigenvalue weighted by molar-refractivity contribution is 6.04. The summed E-state index contributed by atoms with van der Waals surface area (Å²) >= 11 is 0. The second-order valence-electron chi connectivity index (χ2n) is 12.2. The van der Waals surface area contributed by atoms with E-state index in [0.717, 1.165) is 12.8 Å². The predicted octanol–water partition coefficient (Wildman–Crippen LogP) is 9.72. The van der Waals surface area contributed by atoms with Gasteiger partial charge in [-0.1, -0.05) is 106 Å². The Kier molecular flexibility index (Phi) is 4.66. The molecule has 0 radical (unpaired) electrons. The van der Waals surface area contributed by atoms with Gasteiger partial charge < -0.3 is 4.57 Å². The predicted molar refractivity (Wildman–Crippen MR) is 165 cm³/mol. The van der Waals surface area contributed by atoms with Gasteiger partial charge in [0.15, 0.2) is 0 Å². The fraction of sp³-hybridized carbons (Fsp3) is 0.211. The molecular weight excluding hydrogens is 470 g/mol. The van der Waals surface area contributed by atoms with E-state index in [0.29, 0.717) is 5.92 Å². The number of fused-ring (bicyclic) bond motifs is 7. The highest BCUT2D eigenvalue weighted by Gasteiger charge is 2.35. The summed E-state index contributed by atoms with van der Waals surface area (Å²) in [7, 11) is 2.27. The van der Waals surface area contributed by atoms with Crippen LogP contribution in [0.25, 0.3) is 49.9 Å². The van der Waals surface area contributed by atoms with Crippen molar-refractivity contribution in [3.05, 3.63) is 125 Å². The third kappa shape index (κ3) is 3.08. The maximum absolute atomic E-state index is 2.48. The van der Waals surface area contributed by atoms with Crippen molar-refractivity contribution in [1.29, 1.82) is 0 Å². The van der Waals surface area contributed by atoms with E-state index in [1.165, 1.54) is 72.2 Å². The molecule has 0 N–H and O–H groups in total. The molecule has 3 aliphatic carbocycles. The lowest BCUT2D eigenvalue weighted by Crippen LogP contribution is -2.14. The lowest BCUT2D eigenvalue weighted by atomic mass is 9.82. The van der Waals surface area contributed by atoms with Crippen molar-refractivity contribution in [3.8, 4) is 33.4 Å². The number of allylic oxidation sites excluding steroid dienone is 4. The van der Waals surface area contributed by atoms with Crippen LogP contribution in [0.15, 0.2) is 103 Å². The maximum Gasteiger partial charge on any atom is 0.0565 e. The Bertz CT molecular complexity index is 1910. The van der Waals surface area contributed by atoms with E-state index in [1.54, 1.807) is 5.57 Å². The van der Waals surface area contributed by atoms with E-state index in [2.05, 4.69) is 129 Å². The van der Waals surface area contributed by atoms with E-state index in [-0.39, 0.29) is 5.41 Å². The van der Waals surface area contributed by atoms with E-state index in [9.17, 15) is 0 Å². The van der Waals surface area contributed by atoms with Crippen LogP contribution in [0.1, 0.15) is 49.6 Å². The Morgan fingerprint density at radius 1 is 0.718 bits per heavy atom. The molecule has 1 heteroatoms. The zero-order chi connectivity index (χ0) is 26.5. The Morgan fingerprint density at radius 3 is 2.36 bits per heavy atom. The third-order valence-electron chi connectivity index (χ3n) is 9.71. The molecule has 4 aromatic carbocycles. The molecule has 1 atom stereocenters. The molecule has 1 nitrogen and oxygen atoms in total. The first-order chi connectivity index (χ1) is 18.9. The minimum atomic E-state index is 0.0369. The first-order valence-corrected chi connectivity index (χ1v) is 14.3. The fourth-order valence-corrected chi connectivity index (χ4v) is 7.76. The molecule has 0 amide bonds. The number of aryl methyl sites for hydroxylation is 1. The lowest BCUT2D eigenvalue weighted by Gasteiger charge is -2.21. The second-order valence-corrected chi connectivity index (χ2v) is 12.2. The van der Waals surface area contributed by atoms with Gasteiger partial charge in [-0.3, -0.25) is 0 Å². The summed E-state index contributed by atoms with van der Waals surface area (Å²) in [6, 6.07) is 32.0. The quantitative estimate of drug-likeness (QED) is 0.226. The molecule has 0 spiro atoms. The van der Waals surface area contributed by atoms with Gasteiger partial charge in [-0.05, 0) is 75.1 Å². The fourth-order valence-electron chi connectivity index (χ4n) is 7.76. The van der Waals surface area contributed by atoms with Crippen molar-refractivity contribution in [3.63, 3.8) is 0 Å². The molecule has 0 fully saturated rings. The number of para-hydroxylation sites is 1. The first-order valence-electron chi connectivity index (χ1n) is 14.3. The Hall–Kier alpha value is -4.10. The molecular formula is C38H33N. The average Bonchev–Trinajstić information content (AvgIpc) is 3.57. The monoisotopic (exact) mass is 503 g/mol. The van der Waals surface area contributed by atoms with Crippen LogP contribution in [-0.4, -0.2) is 4.57 Å². The normalized spacial score (nSPS) is 18.3. The summed E-state index contributed by atoms with van der Waals surface area (Å²) in [5.41, 5.74) is 18.2. The van der Waals surface area contributed by atoms with Crippen molar-refractivity contribution in [2.75, 3.05) is 0 Å². The van der Waals surface area contributed by atoms with Crippen LogP contribution >= 0.6 is 0 Å². The molecule has 0 unspecified atom stereocenters. The van der Waals surface area contributed by atoms with Gasteiger partial charge in [0.2, 0.25) is 0 Å². The molecule has 0 saturated carbocycles. The van der Waals surface area contributed by atoms with E-state index in [4.69, 9.17) is 0 Å². The number of hydrogen-bond acceptors (Lipinski definition) is 0. The van der Waals surface area contributed by atoms with Crippen LogP contribution in [0, 0.1) is 5.92 Å². The summed E-state index contributed by atoms with van der Waals surface area (Å²) < 4.78 is 2.48. The third-order valence-corrected chi connectivity index (χ3v) is 9.71. The summed E-state index contributed by atoms with van der Waals surface area (Å²) in [5.74, 6) is 0.492. The Morgan fingerprint density at radius 2 is 1.46 bits per heavy atom. The molecule has 190 valence electrons. The van der Waals surface area contributed by atoms with Crippen molar-refractivity contribution in [2.24, 2.45) is 13.0 Å². The van der Waals surface area contributed by atoms with Gasteiger partial charge in [-0.2, -0.15) is 0 Å². The molecule has 8 rings (SSSR count). The SMILES string of the molecule is C[C@@H]1C=CC2=C1c1c(n(C)c3c(-c4cccc(-c5ccc6c(c5)-c5ccccc5C6(C)C)c4)cccc13)CC2. The van der Waals surface area contributed by atoms with Gasteiger partial charge in [0.1, 0.15) is 0 Å². The van der Waals surface area contributed by atoms with E-state index in [1.807, 2.05) is 0 Å². The standard InChI is InChI=1S/C38H33N/c1-23-15-16-24-18-20-34-36(35(23)24)30-13-8-12-28(37(30)39(34)4)27-10-7-9-25(21-27)26-17-19-33-31(22-26)29-11-5-6-14-32(29)38(33,2)3/h5-17,19,21-23H,18,20H2,1-4H3/t23-/m1/s1. The van der Waals surface area contributed by atoms with Gasteiger partial charge in [-0.25, -0.2) is 0 Å². The van der Waals surface area contributed by atoms with Gasteiger partial charge in [-0.15, -0.1) is 0 Å². The van der Waals surface area contributed by atoms with Crippen molar-refractivity contribution < 1.29 is 0 Å². The molecule has 3 aliphatic rings. The zero-order valence-corrected chi connectivity index (χ0v) is 23.2. The molecule has 5 aromatic rings. The van der Waals surface area contributed by atoms with Crippen LogP contribution in [0.4, 0.5) is 0 Å². The van der Waals surface area contributed by atoms with Crippen LogP contribution in [0.5, 0.6) is 0 Å². The van der Waals surface area contributed by atoms with Gasteiger partial charge in [0.05, 0.1) is 5.52 Å². The Balaban J connectivity index is 1.27. The number of benzene rings is 4. The van der Waals surface area contributed by atoms with Crippen LogP contribution in [0.2, 0.25) is 0 Å². The van der Waals surface area contributed by atoms with Gasteiger partial charge in [0.25, 0.3) is 0 Å². The number of nitrogens with zero attached hydrogens (tertiary/aromatic N) is 1. The second kappa shape index (κ2) is 7.96. The average molecular weight is 504 g/mol. The number of hydrogen-bond donors (Lipinski definition) is 0. The van der Waals surface area contributed by atoms with Crippen LogP contribution in [-0.2, 0) is 18.9 Å². The minimum absolute atomic E-state index is 0.0369. The largest absolute Gasteiger partial charge is 0.347 e. The molecule has 0 aliphatic heterocycles. The molecule has 0 saturated heterocycles. The molecule has 0 bridgehead atoms. The summed E-state index contributed by atoms with van der Waals surface area (Å²) in [5, 5.41) is 1.40. The van der Waals surface area contributed by atoms with Crippen LogP contribution < -0.4 is 0 Å². The smallest absolute Gasteiger partial charge is 0.0565 e. The van der Waals surface area contributed by atoms with E-state index < -0.39 is 0 Å². The zero-order valence-electron chi connectivity index (χ0n) is 23.2. The van der Waals surface area contributed by atoms with Gasteiger partial charge in [0, 0.05) is 40.6 Å². The highest BCUT2D eigenvalue weighted by atomic mass is 15.0. The Labute approximate surface area is 231 Å². The molecule has 1 aromatic heterocycles. The first kappa shape index (κ1) is 22.8. The van der Waals surface area contributed by atoms with Crippen molar-refractivity contribution in [2.45, 2.75) is 39.0 Å². The number of rotatable bonds is 2. The number of aromatic nitrogens is 1. The molecule has 1 heterocycles. The summed E-state index contributed by atoms with van der Waals surface area (Å²) in [4.78, 5) is 0. The van der Waals surface area contributed by atoms with E-state index >= 15 is 0 Å². The maximum atomic E-state index is 2.48. The summed E-state index contributed by atoms with van der Waals surface area (Å²) in [6.45, 7) is 7.04. The van der Waals surface area contributed by atoms with Crippen molar-refractivity contribution >= 4 is 16.5 Å². The topological polar surface area (TPSA) is 4.93 Å². The molecule has 39 heavy (non-hydrogen) atoms. The van der Waals surface area contributed by atoms with Crippen molar-refractivity contribution in [1.82, 2.24) is 4.57 Å². The summed E-state index contributed by atoms with van der Waals surface area (Å²) in [6.07, 6.45) is 7.01. The minimum Gasteiger partial charge on any atom is -0.347 e. The van der Waals surface area contributed by atoms with Crippen LogP contribution in [0.3, 0.4) is 0 Å². The van der Waals surface area contributed by atoms with Gasteiger partial charge >= 0.3 is 0 Å². The highest BCUT2D eigenvalue weighted by Crippen LogP contribution is 2.50.